The quantitative estimate of drug-likeness (QED) is 0.848. The van der Waals surface area contributed by atoms with E-state index >= 15 is 0 Å². The molecule has 2 aromatic rings. The van der Waals surface area contributed by atoms with E-state index in [-0.39, 0.29) is 0 Å². The SMILES string of the molecule is Cc1ccccc1CNc1ccc(F)c(F)c1. The normalized spacial score (nSPS) is 10.3. The molecule has 2 rings (SSSR count). The molecule has 3 heteroatoms. The summed E-state index contributed by atoms with van der Waals surface area (Å²) in [5, 5.41) is 3.06. The predicted molar refractivity (Wildman–Crippen MR) is 64.9 cm³/mol. The lowest BCUT2D eigenvalue weighted by Crippen LogP contribution is -2.01. The first-order chi connectivity index (χ1) is 8.16. The van der Waals surface area contributed by atoms with Crippen LogP contribution in [-0.2, 0) is 6.54 Å². The Morgan fingerprint density at radius 3 is 2.47 bits per heavy atom. The molecule has 2 aromatic carbocycles. The van der Waals surface area contributed by atoms with Gasteiger partial charge in [0.1, 0.15) is 0 Å². The van der Waals surface area contributed by atoms with Gasteiger partial charge < -0.3 is 5.32 Å². The summed E-state index contributed by atoms with van der Waals surface area (Å²) in [6.07, 6.45) is 0. The van der Waals surface area contributed by atoms with Crippen molar-refractivity contribution in [3.8, 4) is 0 Å². The third-order valence-corrected chi connectivity index (χ3v) is 2.66. The third kappa shape index (κ3) is 2.81. The van der Waals surface area contributed by atoms with Gasteiger partial charge in [0.25, 0.3) is 0 Å². The Labute approximate surface area is 99.1 Å². The van der Waals surface area contributed by atoms with E-state index in [9.17, 15) is 8.78 Å². The lowest BCUT2D eigenvalue weighted by molar-refractivity contribution is 0.509. The molecule has 0 saturated carbocycles. The Bertz CT molecular complexity index is 523. The molecule has 0 fully saturated rings. The van der Waals surface area contributed by atoms with Crippen LogP contribution in [0.1, 0.15) is 11.1 Å². The maximum absolute atomic E-state index is 13.0. The third-order valence-electron chi connectivity index (χ3n) is 2.66. The number of hydrogen-bond donors (Lipinski definition) is 1. The molecule has 0 spiro atoms. The fourth-order valence-corrected chi connectivity index (χ4v) is 1.61. The zero-order valence-electron chi connectivity index (χ0n) is 9.50. The summed E-state index contributed by atoms with van der Waals surface area (Å²) in [7, 11) is 0. The molecule has 17 heavy (non-hydrogen) atoms. The summed E-state index contributed by atoms with van der Waals surface area (Å²) in [5.41, 5.74) is 2.88. The molecule has 0 saturated heterocycles. The van der Waals surface area contributed by atoms with E-state index in [0.717, 1.165) is 17.7 Å². The van der Waals surface area contributed by atoms with E-state index < -0.39 is 11.6 Å². The molecule has 88 valence electrons. The first-order valence-electron chi connectivity index (χ1n) is 5.40. The van der Waals surface area contributed by atoms with Crippen LogP contribution in [0.5, 0.6) is 0 Å². The molecule has 0 radical (unpaired) electrons. The fourth-order valence-electron chi connectivity index (χ4n) is 1.61. The van der Waals surface area contributed by atoms with Crippen LogP contribution in [0, 0.1) is 18.6 Å². The van der Waals surface area contributed by atoms with Crippen molar-refractivity contribution in [1.29, 1.82) is 0 Å². The minimum atomic E-state index is -0.834. The van der Waals surface area contributed by atoms with Gasteiger partial charge in [0.15, 0.2) is 11.6 Å². The van der Waals surface area contributed by atoms with Gasteiger partial charge in [-0.05, 0) is 30.2 Å². The highest BCUT2D eigenvalue weighted by atomic mass is 19.2. The maximum Gasteiger partial charge on any atom is 0.160 e. The van der Waals surface area contributed by atoms with Gasteiger partial charge in [-0.15, -0.1) is 0 Å². The number of rotatable bonds is 3. The van der Waals surface area contributed by atoms with E-state index in [1.165, 1.54) is 11.6 Å². The number of hydrogen-bond acceptors (Lipinski definition) is 1. The van der Waals surface area contributed by atoms with E-state index in [1.807, 2.05) is 31.2 Å². The van der Waals surface area contributed by atoms with Crippen LogP contribution in [0.4, 0.5) is 14.5 Å². The predicted octanol–water partition coefficient (Wildman–Crippen LogP) is 3.89. The standard InChI is InChI=1S/C14H13F2N/c1-10-4-2-3-5-11(10)9-17-12-6-7-13(15)14(16)8-12/h2-8,17H,9H2,1H3. The van der Waals surface area contributed by atoms with E-state index in [2.05, 4.69) is 5.32 Å². The lowest BCUT2D eigenvalue weighted by Gasteiger charge is -2.09. The zero-order chi connectivity index (χ0) is 12.3. The van der Waals surface area contributed by atoms with Crippen molar-refractivity contribution in [3.05, 3.63) is 65.2 Å². The smallest absolute Gasteiger partial charge is 0.160 e. The monoisotopic (exact) mass is 233 g/mol. The Morgan fingerprint density at radius 2 is 1.76 bits per heavy atom. The largest absolute Gasteiger partial charge is 0.381 e. The van der Waals surface area contributed by atoms with Crippen molar-refractivity contribution in [2.24, 2.45) is 0 Å². The van der Waals surface area contributed by atoms with Crippen LogP contribution >= 0.6 is 0 Å². The van der Waals surface area contributed by atoms with Gasteiger partial charge in [0.2, 0.25) is 0 Å². The zero-order valence-corrected chi connectivity index (χ0v) is 9.50. The van der Waals surface area contributed by atoms with Gasteiger partial charge in [-0.2, -0.15) is 0 Å². The topological polar surface area (TPSA) is 12.0 Å². The summed E-state index contributed by atoms with van der Waals surface area (Å²) in [5.74, 6) is -1.66. The molecule has 0 unspecified atom stereocenters. The molecule has 0 aromatic heterocycles. The number of nitrogens with one attached hydrogen (secondary N) is 1. The van der Waals surface area contributed by atoms with Crippen LogP contribution in [0.3, 0.4) is 0 Å². The van der Waals surface area contributed by atoms with E-state index in [0.29, 0.717) is 12.2 Å². The summed E-state index contributed by atoms with van der Waals surface area (Å²) < 4.78 is 25.7. The number of anilines is 1. The highest BCUT2D eigenvalue weighted by Gasteiger charge is 2.02. The highest BCUT2D eigenvalue weighted by molar-refractivity contribution is 5.44. The average Bonchev–Trinajstić information content (AvgIpc) is 2.32. The van der Waals surface area contributed by atoms with Crippen LogP contribution in [0.25, 0.3) is 0 Å². The van der Waals surface area contributed by atoms with E-state index in [4.69, 9.17) is 0 Å². The summed E-state index contributed by atoms with van der Waals surface area (Å²) in [6.45, 7) is 2.61. The maximum atomic E-state index is 13.0. The second-order valence-corrected chi connectivity index (χ2v) is 3.91. The van der Waals surface area contributed by atoms with Gasteiger partial charge in [0, 0.05) is 18.3 Å². The number of halogens is 2. The van der Waals surface area contributed by atoms with E-state index in [1.54, 1.807) is 0 Å². The minimum absolute atomic E-state index is 0.576. The van der Waals surface area contributed by atoms with Crippen molar-refractivity contribution in [2.75, 3.05) is 5.32 Å². The van der Waals surface area contributed by atoms with Crippen molar-refractivity contribution in [1.82, 2.24) is 0 Å². The Kier molecular flexibility index (Phi) is 3.38. The first-order valence-corrected chi connectivity index (χ1v) is 5.40. The van der Waals surface area contributed by atoms with Gasteiger partial charge in [-0.25, -0.2) is 8.78 Å². The number of aryl methyl sites for hydroxylation is 1. The molecule has 0 amide bonds. The molecule has 0 aliphatic rings. The van der Waals surface area contributed by atoms with Crippen molar-refractivity contribution < 1.29 is 8.78 Å². The van der Waals surface area contributed by atoms with Gasteiger partial charge in [0.05, 0.1) is 0 Å². The second-order valence-electron chi connectivity index (χ2n) is 3.91. The van der Waals surface area contributed by atoms with Crippen LogP contribution in [0.2, 0.25) is 0 Å². The second kappa shape index (κ2) is 4.95. The molecule has 0 bridgehead atoms. The number of benzene rings is 2. The molecule has 0 heterocycles. The van der Waals surface area contributed by atoms with Crippen molar-refractivity contribution in [3.63, 3.8) is 0 Å². The molecular weight excluding hydrogens is 220 g/mol. The summed E-state index contributed by atoms with van der Waals surface area (Å²) >= 11 is 0. The van der Waals surface area contributed by atoms with Gasteiger partial charge in [-0.3, -0.25) is 0 Å². The Hall–Kier alpha value is -1.90. The average molecular weight is 233 g/mol. The Morgan fingerprint density at radius 1 is 1.00 bits per heavy atom. The lowest BCUT2D eigenvalue weighted by atomic mass is 10.1. The van der Waals surface area contributed by atoms with Gasteiger partial charge >= 0.3 is 0 Å². The molecule has 0 aliphatic carbocycles. The van der Waals surface area contributed by atoms with Crippen LogP contribution < -0.4 is 5.32 Å². The minimum Gasteiger partial charge on any atom is -0.381 e. The molecule has 0 aliphatic heterocycles. The van der Waals surface area contributed by atoms with Crippen molar-refractivity contribution in [2.45, 2.75) is 13.5 Å². The fraction of sp³-hybridized carbons (Fsp3) is 0.143. The van der Waals surface area contributed by atoms with Crippen LogP contribution in [0.15, 0.2) is 42.5 Å². The Balaban J connectivity index is 2.08. The molecule has 0 atom stereocenters. The molecular formula is C14H13F2N. The molecule has 1 nitrogen and oxygen atoms in total. The first kappa shape index (κ1) is 11.6. The highest BCUT2D eigenvalue weighted by Crippen LogP contribution is 2.15. The van der Waals surface area contributed by atoms with Crippen LogP contribution in [-0.4, -0.2) is 0 Å². The summed E-state index contributed by atoms with van der Waals surface area (Å²) in [6, 6.07) is 11.7. The molecule has 1 N–H and O–H groups in total. The van der Waals surface area contributed by atoms with Crippen molar-refractivity contribution >= 4 is 5.69 Å². The summed E-state index contributed by atoms with van der Waals surface area (Å²) in [4.78, 5) is 0. The van der Waals surface area contributed by atoms with Gasteiger partial charge in [-0.1, -0.05) is 24.3 Å².